The van der Waals surface area contributed by atoms with Crippen molar-refractivity contribution in [2.24, 2.45) is 0 Å². The minimum absolute atomic E-state index is 0.297. The first-order valence-electron chi connectivity index (χ1n) is 6.53. The Morgan fingerprint density at radius 3 is 1.83 bits per heavy atom. The molecule has 1 nitrogen and oxygen atoms in total. The van der Waals surface area contributed by atoms with Crippen molar-refractivity contribution in [3.8, 4) is 16.9 Å². The van der Waals surface area contributed by atoms with Crippen molar-refractivity contribution in [2.45, 2.75) is 24.4 Å². The number of rotatable bonds is 3. The molecule has 0 spiro atoms. The van der Waals surface area contributed by atoms with Gasteiger partial charge in [-0.2, -0.15) is 0 Å². The van der Waals surface area contributed by atoms with Crippen LogP contribution in [0.15, 0.2) is 48.5 Å². The van der Waals surface area contributed by atoms with E-state index >= 15 is 0 Å². The molecule has 0 aliphatic rings. The van der Waals surface area contributed by atoms with Gasteiger partial charge in [-0.15, -0.1) is 10.6 Å². The number of hydrogen-bond acceptors (Lipinski definition) is 1. The van der Waals surface area contributed by atoms with Crippen LogP contribution < -0.4 is 0 Å². The molecular formula is C16H20AlO. The number of aromatic hydroxyl groups is 1. The maximum absolute atomic E-state index is 9.10. The topological polar surface area (TPSA) is 20.2 Å². The van der Waals surface area contributed by atoms with E-state index in [1.54, 1.807) is 12.1 Å². The Balaban J connectivity index is 0.000000280. The van der Waals surface area contributed by atoms with Crippen LogP contribution in [-0.2, 0) is 0 Å². The van der Waals surface area contributed by atoms with Gasteiger partial charge < -0.3 is 5.11 Å². The molecule has 93 valence electrons. The number of phenols is 1. The molecule has 2 aromatic carbocycles. The molecule has 18 heavy (non-hydrogen) atoms. The zero-order valence-electron chi connectivity index (χ0n) is 11.2. The van der Waals surface area contributed by atoms with Crippen molar-refractivity contribution in [2.75, 3.05) is 0 Å². The molecule has 0 saturated carbocycles. The van der Waals surface area contributed by atoms with Crippen LogP contribution in [0.1, 0.15) is 13.8 Å². The second-order valence-corrected chi connectivity index (χ2v) is 6.90. The molecular weight excluding hydrogens is 235 g/mol. The fourth-order valence-electron chi connectivity index (χ4n) is 1.59. The van der Waals surface area contributed by atoms with Crippen molar-refractivity contribution in [1.29, 1.82) is 0 Å². The molecule has 0 atom stereocenters. The molecule has 2 rings (SSSR count). The van der Waals surface area contributed by atoms with E-state index < -0.39 is 0 Å². The van der Waals surface area contributed by atoms with Gasteiger partial charge in [-0.3, -0.25) is 0 Å². The van der Waals surface area contributed by atoms with Crippen LogP contribution in [0.4, 0.5) is 0 Å². The Labute approximate surface area is 116 Å². The van der Waals surface area contributed by atoms with Crippen molar-refractivity contribution in [3.63, 3.8) is 0 Å². The third-order valence-electron chi connectivity index (χ3n) is 2.63. The molecule has 0 amide bonds. The average molecular weight is 255 g/mol. The van der Waals surface area contributed by atoms with Crippen molar-refractivity contribution in [3.05, 3.63) is 54.6 Å². The Kier molecular flexibility index (Phi) is 7.25. The SMILES string of the molecule is C[CH2][AlH][CH2]C.Oc1ccc(-c2cc[c]cc2)cc1. The molecule has 0 heterocycles. The molecule has 2 aromatic rings. The van der Waals surface area contributed by atoms with Crippen LogP contribution in [0, 0.1) is 6.07 Å². The molecule has 0 aromatic heterocycles. The van der Waals surface area contributed by atoms with Crippen LogP contribution in [0.25, 0.3) is 11.1 Å². The summed E-state index contributed by atoms with van der Waals surface area (Å²) >= 11 is 0.432. The molecule has 0 aliphatic carbocycles. The predicted molar refractivity (Wildman–Crippen MR) is 80.5 cm³/mol. The Bertz CT molecular complexity index is 421. The highest BCUT2D eigenvalue weighted by atomic mass is 27.1. The van der Waals surface area contributed by atoms with Gasteiger partial charge >= 0.3 is 0 Å². The third-order valence-corrected chi connectivity index (χ3v) is 4.04. The van der Waals surface area contributed by atoms with Crippen LogP contribution in [0.3, 0.4) is 0 Å². The van der Waals surface area contributed by atoms with Gasteiger partial charge in [-0.25, -0.2) is 0 Å². The van der Waals surface area contributed by atoms with Gasteiger partial charge in [-0.1, -0.05) is 50.2 Å². The first-order chi connectivity index (χ1) is 8.77. The number of benzene rings is 2. The number of phenolic OH excluding ortho intramolecular Hbond substituents is 1. The fraction of sp³-hybridized carbons (Fsp3) is 0.250. The molecule has 0 unspecified atom stereocenters. The lowest BCUT2D eigenvalue weighted by Crippen LogP contribution is -1.76. The van der Waals surface area contributed by atoms with Crippen molar-refractivity contribution < 1.29 is 5.11 Å². The molecule has 1 N–H and O–H groups in total. The van der Waals surface area contributed by atoms with E-state index in [0.717, 1.165) is 11.1 Å². The van der Waals surface area contributed by atoms with Crippen LogP contribution in [-0.4, -0.2) is 20.3 Å². The zero-order chi connectivity index (χ0) is 13.2. The molecule has 0 saturated heterocycles. The molecule has 2 heteroatoms. The van der Waals surface area contributed by atoms with Crippen LogP contribution in [0.2, 0.25) is 10.6 Å². The van der Waals surface area contributed by atoms with E-state index in [2.05, 4.69) is 19.9 Å². The van der Waals surface area contributed by atoms with Gasteiger partial charge in [-0.05, 0) is 29.3 Å². The van der Waals surface area contributed by atoms with Gasteiger partial charge in [0.05, 0.1) is 0 Å². The van der Waals surface area contributed by atoms with E-state index in [1.807, 2.05) is 36.4 Å². The van der Waals surface area contributed by atoms with E-state index in [4.69, 9.17) is 5.11 Å². The highest BCUT2D eigenvalue weighted by Gasteiger charge is 1.94. The van der Waals surface area contributed by atoms with Crippen LogP contribution >= 0.6 is 0 Å². The van der Waals surface area contributed by atoms with E-state index in [1.165, 1.54) is 10.6 Å². The summed E-state index contributed by atoms with van der Waals surface area (Å²) in [4.78, 5) is 0. The van der Waals surface area contributed by atoms with Gasteiger partial charge in [0.15, 0.2) is 0 Å². The second-order valence-electron chi connectivity index (χ2n) is 4.19. The smallest absolute Gasteiger partial charge is 0.236 e. The van der Waals surface area contributed by atoms with Crippen LogP contribution in [0.5, 0.6) is 5.75 Å². The summed E-state index contributed by atoms with van der Waals surface area (Å²) in [7, 11) is 0. The summed E-state index contributed by atoms with van der Waals surface area (Å²) < 4.78 is 0. The quantitative estimate of drug-likeness (QED) is 0.816. The van der Waals surface area contributed by atoms with E-state index in [-0.39, 0.29) is 0 Å². The van der Waals surface area contributed by atoms with E-state index in [9.17, 15) is 0 Å². The summed E-state index contributed by atoms with van der Waals surface area (Å²) in [5.41, 5.74) is 2.24. The summed E-state index contributed by atoms with van der Waals surface area (Å²) in [6.07, 6.45) is 0. The monoisotopic (exact) mass is 255 g/mol. The van der Waals surface area contributed by atoms with Gasteiger partial charge in [0, 0.05) is 0 Å². The zero-order valence-corrected chi connectivity index (χ0v) is 12.6. The maximum Gasteiger partial charge on any atom is 0.236 e. The first kappa shape index (κ1) is 14.8. The van der Waals surface area contributed by atoms with Gasteiger partial charge in [0.2, 0.25) is 15.2 Å². The lowest BCUT2D eigenvalue weighted by atomic mass is 10.1. The summed E-state index contributed by atoms with van der Waals surface area (Å²) in [6, 6.07) is 17.9. The molecule has 1 radical (unpaired) electrons. The highest BCUT2D eigenvalue weighted by molar-refractivity contribution is 6.34. The Hall–Kier alpha value is -1.23. The number of hydrogen-bond donors (Lipinski definition) is 1. The highest BCUT2D eigenvalue weighted by Crippen LogP contribution is 2.20. The lowest BCUT2D eigenvalue weighted by Gasteiger charge is -2.00. The van der Waals surface area contributed by atoms with Crippen molar-refractivity contribution in [1.82, 2.24) is 0 Å². The Morgan fingerprint density at radius 2 is 1.39 bits per heavy atom. The standard InChI is InChI=1S/C12H9O.2C2H5.Al.H/c13-12-8-6-11(7-9-12)10-4-2-1-3-5-10;2*1-2;;/h2-9,13H;2*1H2,2H3;;. The second kappa shape index (κ2) is 8.80. The fourth-order valence-corrected chi connectivity index (χ4v) is 2.29. The molecule has 0 fully saturated rings. The summed E-state index contributed by atoms with van der Waals surface area (Å²) in [5.74, 6) is 0.297. The van der Waals surface area contributed by atoms with Gasteiger partial charge in [0.25, 0.3) is 0 Å². The molecule has 0 aliphatic heterocycles. The van der Waals surface area contributed by atoms with E-state index in [0.29, 0.717) is 21.0 Å². The summed E-state index contributed by atoms with van der Waals surface area (Å²) in [5, 5.41) is 12.1. The minimum Gasteiger partial charge on any atom is -0.508 e. The van der Waals surface area contributed by atoms with Crippen molar-refractivity contribution >= 4 is 15.2 Å². The largest absolute Gasteiger partial charge is 0.508 e. The minimum atomic E-state index is 0.297. The average Bonchev–Trinajstić information content (AvgIpc) is 2.42. The molecule has 0 bridgehead atoms. The normalized spacial score (nSPS) is 9.22. The lowest BCUT2D eigenvalue weighted by molar-refractivity contribution is 0.475. The Morgan fingerprint density at radius 1 is 0.889 bits per heavy atom. The first-order valence-corrected chi connectivity index (χ1v) is 8.53. The predicted octanol–water partition coefficient (Wildman–Crippen LogP) is 4.16. The maximum atomic E-state index is 9.10. The summed E-state index contributed by atoms with van der Waals surface area (Å²) in [6.45, 7) is 4.55. The van der Waals surface area contributed by atoms with Gasteiger partial charge in [0.1, 0.15) is 5.75 Å². The third kappa shape index (κ3) is 5.40.